The van der Waals surface area contributed by atoms with Gasteiger partial charge in [0.05, 0.1) is 18.8 Å². The summed E-state index contributed by atoms with van der Waals surface area (Å²) in [6.07, 6.45) is 1.01. The summed E-state index contributed by atoms with van der Waals surface area (Å²) in [5.41, 5.74) is 2.94. The Morgan fingerprint density at radius 3 is 2.75 bits per heavy atom. The first-order valence-electron chi connectivity index (χ1n) is 8.11. The van der Waals surface area contributed by atoms with Crippen molar-refractivity contribution in [3.05, 3.63) is 51.9 Å². The van der Waals surface area contributed by atoms with E-state index in [-0.39, 0.29) is 12.0 Å². The average molecular weight is 349 g/mol. The molecule has 1 aliphatic heterocycles. The minimum absolute atomic E-state index is 0.0981. The molecule has 6 heteroatoms. The van der Waals surface area contributed by atoms with Gasteiger partial charge in [0.2, 0.25) is 5.91 Å². The Hall–Kier alpha value is -1.85. The van der Waals surface area contributed by atoms with Gasteiger partial charge >= 0.3 is 0 Å². The van der Waals surface area contributed by atoms with E-state index >= 15 is 0 Å². The molecule has 1 aromatic heterocycles. The van der Waals surface area contributed by atoms with Crippen LogP contribution in [0.3, 0.4) is 0 Å². The Morgan fingerprint density at radius 2 is 2.08 bits per heavy atom. The number of nitrogens with zero attached hydrogens (tertiary/aromatic N) is 2. The van der Waals surface area contributed by atoms with Gasteiger partial charge in [-0.25, -0.2) is 0 Å². The second-order valence-corrected chi connectivity index (χ2v) is 6.49. The lowest BCUT2D eigenvalue weighted by atomic mass is 10.1. The van der Waals surface area contributed by atoms with Crippen molar-refractivity contribution < 1.29 is 14.1 Å². The number of aromatic nitrogens is 1. The highest BCUT2D eigenvalue weighted by Crippen LogP contribution is 2.24. The molecule has 1 amide bonds. The quantitative estimate of drug-likeness (QED) is 0.848. The molecule has 0 saturated carbocycles. The number of amides is 1. The van der Waals surface area contributed by atoms with Crippen molar-refractivity contribution in [2.75, 3.05) is 19.7 Å². The molecule has 2 heterocycles. The molecule has 2 aromatic rings. The molecule has 0 spiro atoms. The summed E-state index contributed by atoms with van der Waals surface area (Å²) in [6.45, 7) is 5.53. The highest BCUT2D eigenvalue weighted by Gasteiger charge is 2.25. The molecule has 1 saturated heterocycles. The third-order valence-electron chi connectivity index (χ3n) is 4.43. The maximum atomic E-state index is 12.5. The lowest BCUT2D eigenvalue weighted by molar-refractivity contribution is -0.139. The van der Waals surface area contributed by atoms with Crippen molar-refractivity contribution in [1.29, 1.82) is 0 Å². The second-order valence-electron chi connectivity index (χ2n) is 6.05. The van der Waals surface area contributed by atoms with E-state index in [0.717, 1.165) is 22.6 Å². The van der Waals surface area contributed by atoms with Crippen LogP contribution in [0.5, 0.6) is 0 Å². The van der Waals surface area contributed by atoms with Crippen LogP contribution in [0.2, 0.25) is 5.02 Å². The Labute approximate surface area is 146 Å². The standard InChI is InChI=1S/C18H21ClN2O3/c1-12-16(13(2)24-20-12)7-8-18(22)21-9-10-23-17(11-21)14-3-5-15(19)6-4-14/h3-6,17H,7-11H2,1-2H3/t17-/m1/s1. The third kappa shape index (κ3) is 3.79. The molecule has 0 radical (unpaired) electrons. The first-order valence-corrected chi connectivity index (χ1v) is 8.49. The number of hydrogen-bond acceptors (Lipinski definition) is 4. The van der Waals surface area contributed by atoms with Gasteiger partial charge in [-0.2, -0.15) is 0 Å². The number of aryl methyl sites for hydroxylation is 2. The minimum atomic E-state index is -0.0981. The predicted octanol–water partition coefficient (Wildman–Crippen LogP) is 3.48. The van der Waals surface area contributed by atoms with Crippen LogP contribution < -0.4 is 0 Å². The largest absolute Gasteiger partial charge is 0.370 e. The normalized spacial score (nSPS) is 18.0. The van der Waals surface area contributed by atoms with Crippen LogP contribution in [-0.4, -0.2) is 35.7 Å². The van der Waals surface area contributed by atoms with E-state index in [4.69, 9.17) is 20.9 Å². The molecule has 1 fully saturated rings. The number of morpholine rings is 1. The lowest BCUT2D eigenvalue weighted by Crippen LogP contribution is -2.42. The summed E-state index contributed by atoms with van der Waals surface area (Å²) >= 11 is 5.93. The second kappa shape index (κ2) is 7.36. The van der Waals surface area contributed by atoms with Crippen molar-refractivity contribution in [3.8, 4) is 0 Å². The summed E-state index contributed by atoms with van der Waals surface area (Å²) in [6, 6.07) is 7.59. The smallest absolute Gasteiger partial charge is 0.223 e. The van der Waals surface area contributed by atoms with Crippen LogP contribution in [-0.2, 0) is 16.0 Å². The number of halogens is 1. The van der Waals surface area contributed by atoms with Crippen LogP contribution in [0.15, 0.2) is 28.8 Å². The van der Waals surface area contributed by atoms with Crippen LogP contribution in [0.4, 0.5) is 0 Å². The molecule has 0 bridgehead atoms. The van der Waals surface area contributed by atoms with Gasteiger partial charge in [-0.15, -0.1) is 0 Å². The van der Waals surface area contributed by atoms with E-state index in [9.17, 15) is 4.79 Å². The van der Waals surface area contributed by atoms with E-state index in [1.165, 1.54) is 0 Å². The van der Waals surface area contributed by atoms with Gasteiger partial charge < -0.3 is 14.2 Å². The SMILES string of the molecule is Cc1noc(C)c1CCC(=O)N1CCO[C@@H](c2ccc(Cl)cc2)C1. The summed E-state index contributed by atoms with van der Waals surface area (Å²) < 4.78 is 11.0. The predicted molar refractivity (Wildman–Crippen MR) is 91.0 cm³/mol. The van der Waals surface area contributed by atoms with E-state index < -0.39 is 0 Å². The van der Waals surface area contributed by atoms with Crippen molar-refractivity contribution in [1.82, 2.24) is 10.1 Å². The van der Waals surface area contributed by atoms with Gasteiger partial charge in [-0.05, 0) is 38.0 Å². The molecule has 1 aromatic carbocycles. The van der Waals surface area contributed by atoms with Gasteiger partial charge in [-0.3, -0.25) is 4.79 Å². The highest BCUT2D eigenvalue weighted by molar-refractivity contribution is 6.30. The molecule has 1 aliphatic rings. The van der Waals surface area contributed by atoms with E-state index in [2.05, 4.69) is 5.16 Å². The lowest BCUT2D eigenvalue weighted by Gasteiger charge is -2.33. The Morgan fingerprint density at radius 1 is 1.33 bits per heavy atom. The number of carbonyl (C=O) groups excluding carboxylic acids is 1. The molecule has 3 rings (SSSR count). The Kier molecular flexibility index (Phi) is 5.21. The highest BCUT2D eigenvalue weighted by atomic mass is 35.5. The summed E-state index contributed by atoms with van der Waals surface area (Å²) in [7, 11) is 0. The fourth-order valence-corrected chi connectivity index (χ4v) is 3.13. The van der Waals surface area contributed by atoms with Gasteiger partial charge in [0.1, 0.15) is 11.9 Å². The third-order valence-corrected chi connectivity index (χ3v) is 4.68. The topological polar surface area (TPSA) is 55.6 Å². The van der Waals surface area contributed by atoms with Crippen LogP contribution in [0.25, 0.3) is 0 Å². The Bertz CT molecular complexity index is 692. The first-order chi connectivity index (χ1) is 11.5. The number of hydrogen-bond donors (Lipinski definition) is 0. The maximum absolute atomic E-state index is 12.5. The van der Waals surface area contributed by atoms with Crippen molar-refractivity contribution in [3.63, 3.8) is 0 Å². The molecule has 128 valence electrons. The molecular weight excluding hydrogens is 328 g/mol. The minimum Gasteiger partial charge on any atom is -0.370 e. The zero-order valence-corrected chi connectivity index (χ0v) is 14.7. The monoisotopic (exact) mass is 348 g/mol. The van der Waals surface area contributed by atoms with Gasteiger partial charge in [0, 0.05) is 23.6 Å². The zero-order chi connectivity index (χ0) is 17.1. The number of benzene rings is 1. The molecular formula is C18H21ClN2O3. The van der Waals surface area contributed by atoms with Crippen LogP contribution >= 0.6 is 11.6 Å². The fraction of sp³-hybridized carbons (Fsp3) is 0.444. The molecule has 24 heavy (non-hydrogen) atoms. The summed E-state index contributed by atoms with van der Waals surface area (Å²) in [5, 5.41) is 4.63. The van der Waals surface area contributed by atoms with E-state index in [0.29, 0.717) is 37.6 Å². The van der Waals surface area contributed by atoms with Crippen LogP contribution in [0.1, 0.15) is 35.1 Å². The average Bonchev–Trinajstić information content (AvgIpc) is 2.92. The van der Waals surface area contributed by atoms with Crippen molar-refractivity contribution in [2.24, 2.45) is 0 Å². The number of carbonyl (C=O) groups is 1. The zero-order valence-electron chi connectivity index (χ0n) is 13.9. The van der Waals surface area contributed by atoms with Crippen molar-refractivity contribution in [2.45, 2.75) is 32.8 Å². The molecule has 5 nitrogen and oxygen atoms in total. The molecule has 0 aliphatic carbocycles. The maximum Gasteiger partial charge on any atom is 0.223 e. The summed E-state index contributed by atoms with van der Waals surface area (Å²) in [4.78, 5) is 14.4. The molecule has 0 unspecified atom stereocenters. The fourth-order valence-electron chi connectivity index (χ4n) is 3.00. The molecule has 1 atom stereocenters. The van der Waals surface area contributed by atoms with Gasteiger partial charge in [0.15, 0.2) is 0 Å². The van der Waals surface area contributed by atoms with Crippen LogP contribution in [0, 0.1) is 13.8 Å². The van der Waals surface area contributed by atoms with E-state index in [1.807, 2.05) is 43.0 Å². The summed E-state index contributed by atoms with van der Waals surface area (Å²) in [5.74, 6) is 0.929. The first kappa shape index (κ1) is 17.0. The van der Waals surface area contributed by atoms with Gasteiger partial charge in [0.25, 0.3) is 0 Å². The van der Waals surface area contributed by atoms with Crippen molar-refractivity contribution >= 4 is 17.5 Å². The Balaban J connectivity index is 1.60. The molecule has 0 N–H and O–H groups in total. The van der Waals surface area contributed by atoms with E-state index in [1.54, 1.807) is 0 Å². The van der Waals surface area contributed by atoms with Gasteiger partial charge in [-0.1, -0.05) is 28.9 Å². The number of rotatable bonds is 4. The number of ether oxygens (including phenoxy) is 1.